The predicted octanol–water partition coefficient (Wildman–Crippen LogP) is 5.37. The highest BCUT2D eigenvalue weighted by Gasteiger charge is 2.16. The fraction of sp³-hybridized carbons (Fsp3) is 0.0769. The lowest BCUT2D eigenvalue weighted by Crippen LogP contribution is -2.23. The lowest BCUT2D eigenvalue weighted by atomic mass is 10.0. The molecule has 0 bridgehead atoms. The lowest BCUT2D eigenvalue weighted by Gasteiger charge is -2.05. The standard InChI is InChI=1S/C26H21N3O/c1-18-9-8-14-22-23(25(29-24(18)22)20-12-6-3-7-13-20)15-21(16-27)26(30)28-17-19-10-4-2-5-11-19/h2-15,29H,17H2,1H3,(H,28,30)/b21-15-. The molecule has 1 aromatic heterocycles. The van der Waals surface area contributed by atoms with E-state index in [-0.39, 0.29) is 11.5 Å². The van der Waals surface area contributed by atoms with Gasteiger partial charge in [0.15, 0.2) is 0 Å². The number of hydrogen-bond acceptors (Lipinski definition) is 2. The van der Waals surface area contributed by atoms with E-state index >= 15 is 0 Å². The van der Waals surface area contributed by atoms with Gasteiger partial charge in [-0.2, -0.15) is 5.26 Å². The molecule has 0 aliphatic heterocycles. The second kappa shape index (κ2) is 8.50. The summed E-state index contributed by atoms with van der Waals surface area (Å²) in [5.74, 6) is -0.387. The molecule has 0 saturated carbocycles. The quantitative estimate of drug-likeness (QED) is 0.355. The Morgan fingerprint density at radius 3 is 2.40 bits per heavy atom. The maximum Gasteiger partial charge on any atom is 0.262 e. The molecule has 146 valence electrons. The maximum absolute atomic E-state index is 12.7. The smallest absolute Gasteiger partial charge is 0.262 e. The van der Waals surface area contributed by atoms with E-state index in [1.807, 2.05) is 85.8 Å². The van der Waals surface area contributed by atoms with Crippen molar-refractivity contribution in [1.29, 1.82) is 5.26 Å². The molecule has 3 aromatic carbocycles. The van der Waals surface area contributed by atoms with Crippen molar-refractivity contribution in [3.63, 3.8) is 0 Å². The van der Waals surface area contributed by atoms with Crippen LogP contribution in [-0.4, -0.2) is 10.9 Å². The second-order valence-electron chi connectivity index (χ2n) is 7.12. The molecule has 0 radical (unpaired) electrons. The van der Waals surface area contributed by atoms with E-state index < -0.39 is 0 Å². The van der Waals surface area contributed by atoms with Crippen molar-refractivity contribution in [1.82, 2.24) is 10.3 Å². The van der Waals surface area contributed by atoms with Crippen LogP contribution in [0.1, 0.15) is 16.7 Å². The van der Waals surface area contributed by atoms with Gasteiger partial charge in [-0.05, 0) is 29.7 Å². The number of rotatable bonds is 5. The summed E-state index contributed by atoms with van der Waals surface area (Å²) < 4.78 is 0. The Bertz CT molecular complexity index is 1260. The van der Waals surface area contributed by atoms with Crippen LogP contribution in [0.25, 0.3) is 28.2 Å². The number of amides is 1. The van der Waals surface area contributed by atoms with E-state index in [4.69, 9.17) is 0 Å². The number of nitriles is 1. The first-order valence-electron chi connectivity index (χ1n) is 9.78. The number of H-pyrrole nitrogens is 1. The predicted molar refractivity (Wildman–Crippen MR) is 120 cm³/mol. The van der Waals surface area contributed by atoms with Crippen molar-refractivity contribution >= 4 is 22.9 Å². The monoisotopic (exact) mass is 391 g/mol. The molecule has 1 amide bonds. The molecular formula is C26H21N3O. The van der Waals surface area contributed by atoms with Crippen LogP contribution in [0, 0.1) is 18.3 Å². The number of aromatic amines is 1. The van der Waals surface area contributed by atoms with Crippen LogP contribution in [0.3, 0.4) is 0 Å². The minimum absolute atomic E-state index is 0.0746. The molecular weight excluding hydrogens is 370 g/mol. The first-order valence-corrected chi connectivity index (χ1v) is 9.78. The van der Waals surface area contributed by atoms with Crippen LogP contribution < -0.4 is 5.32 Å². The van der Waals surface area contributed by atoms with Gasteiger partial charge in [-0.1, -0.05) is 78.9 Å². The van der Waals surface area contributed by atoms with E-state index in [0.717, 1.165) is 38.9 Å². The van der Waals surface area contributed by atoms with Crippen molar-refractivity contribution < 1.29 is 4.79 Å². The number of carbonyl (C=O) groups excluding carboxylic acids is 1. The molecule has 0 unspecified atom stereocenters. The van der Waals surface area contributed by atoms with E-state index in [1.54, 1.807) is 6.08 Å². The summed E-state index contributed by atoms with van der Waals surface area (Å²) in [6.07, 6.45) is 1.68. The lowest BCUT2D eigenvalue weighted by molar-refractivity contribution is -0.117. The fourth-order valence-corrected chi connectivity index (χ4v) is 3.53. The maximum atomic E-state index is 12.7. The van der Waals surface area contributed by atoms with Gasteiger partial charge in [0.25, 0.3) is 5.91 Å². The van der Waals surface area contributed by atoms with E-state index in [2.05, 4.69) is 16.4 Å². The summed E-state index contributed by atoms with van der Waals surface area (Å²) in [5.41, 5.74) is 5.90. The largest absolute Gasteiger partial charge is 0.354 e. The van der Waals surface area contributed by atoms with Crippen LogP contribution in [0.5, 0.6) is 0 Å². The number of aromatic nitrogens is 1. The molecule has 4 aromatic rings. The van der Waals surface area contributed by atoms with Crippen LogP contribution in [0.4, 0.5) is 0 Å². The fourth-order valence-electron chi connectivity index (χ4n) is 3.53. The van der Waals surface area contributed by atoms with Crippen LogP contribution >= 0.6 is 0 Å². The summed E-state index contributed by atoms with van der Waals surface area (Å²) in [6, 6.07) is 27.7. The molecule has 0 spiro atoms. The topological polar surface area (TPSA) is 68.7 Å². The van der Waals surface area contributed by atoms with Gasteiger partial charge in [0, 0.05) is 23.0 Å². The number of aryl methyl sites for hydroxylation is 1. The number of para-hydroxylation sites is 1. The normalized spacial score (nSPS) is 11.3. The molecule has 0 fully saturated rings. The summed E-state index contributed by atoms with van der Waals surface area (Å²) in [7, 11) is 0. The number of nitrogens with one attached hydrogen (secondary N) is 2. The van der Waals surface area contributed by atoms with Gasteiger partial charge in [-0.15, -0.1) is 0 Å². The van der Waals surface area contributed by atoms with E-state index in [9.17, 15) is 10.1 Å². The van der Waals surface area contributed by atoms with Crippen LogP contribution in [-0.2, 0) is 11.3 Å². The van der Waals surface area contributed by atoms with Gasteiger partial charge in [-0.3, -0.25) is 4.79 Å². The number of hydrogen-bond donors (Lipinski definition) is 2. The molecule has 0 aliphatic carbocycles. The summed E-state index contributed by atoms with van der Waals surface area (Å²) in [5, 5.41) is 13.5. The molecule has 4 heteroatoms. The third-order valence-corrected chi connectivity index (χ3v) is 5.09. The zero-order valence-corrected chi connectivity index (χ0v) is 16.6. The number of benzene rings is 3. The highest BCUT2D eigenvalue weighted by Crippen LogP contribution is 2.33. The van der Waals surface area contributed by atoms with Crippen molar-refractivity contribution in [2.75, 3.05) is 0 Å². The third kappa shape index (κ3) is 3.87. The highest BCUT2D eigenvalue weighted by molar-refractivity contribution is 6.06. The second-order valence-corrected chi connectivity index (χ2v) is 7.12. The van der Waals surface area contributed by atoms with Crippen molar-refractivity contribution in [3.8, 4) is 17.3 Å². The molecule has 0 aliphatic rings. The first-order chi connectivity index (χ1) is 14.7. The summed E-state index contributed by atoms with van der Waals surface area (Å²) in [4.78, 5) is 16.2. The average Bonchev–Trinajstić information content (AvgIpc) is 3.17. The van der Waals surface area contributed by atoms with E-state index in [1.165, 1.54) is 0 Å². The Labute approximate surface area is 175 Å². The van der Waals surface area contributed by atoms with Crippen LogP contribution in [0.15, 0.2) is 84.4 Å². The Kier molecular flexibility index (Phi) is 5.45. The van der Waals surface area contributed by atoms with Crippen molar-refractivity contribution in [3.05, 3.63) is 101 Å². The molecule has 30 heavy (non-hydrogen) atoms. The van der Waals surface area contributed by atoms with Crippen LogP contribution in [0.2, 0.25) is 0 Å². The van der Waals surface area contributed by atoms with Crippen molar-refractivity contribution in [2.45, 2.75) is 13.5 Å². The zero-order chi connectivity index (χ0) is 20.9. The van der Waals surface area contributed by atoms with Gasteiger partial charge in [0.05, 0.1) is 5.69 Å². The SMILES string of the molecule is Cc1cccc2c(/C=C(/C#N)C(=O)NCc3ccccc3)c(-c3ccccc3)[nH]c12. The van der Waals surface area contributed by atoms with Gasteiger partial charge < -0.3 is 10.3 Å². The molecule has 0 saturated heterocycles. The first kappa shape index (κ1) is 19.2. The van der Waals surface area contributed by atoms with Gasteiger partial charge in [0.2, 0.25) is 0 Å². The Morgan fingerprint density at radius 2 is 1.70 bits per heavy atom. The number of carbonyl (C=O) groups is 1. The van der Waals surface area contributed by atoms with Gasteiger partial charge in [-0.25, -0.2) is 0 Å². The molecule has 2 N–H and O–H groups in total. The Balaban J connectivity index is 1.75. The van der Waals surface area contributed by atoms with Gasteiger partial charge >= 0.3 is 0 Å². The number of fused-ring (bicyclic) bond motifs is 1. The van der Waals surface area contributed by atoms with Gasteiger partial charge in [0.1, 0.15) is 11.6 Å². The summed E-state index contributed by atoms with van der Waals surface area (Å²) >= 11 is 0. The highest BCUT2D eigenvalue weighted by atomic mass is 16.1. The zero-order valence-electron chi connectivity index (χ0n) is 16.6. The molecule has 1 heterocycles. The minimum atomic E-state index is -0.387. The molecule has 4 nitrogen and oxygen atoms in total. The molecule has 4 rings (SSSR count). The van der Waals surface area contributed by atoms with E-state index in [0.29, 0.717) is 6.54 Å². The Morgan fingerprint density at radius 1 is 1.00 bits per heavy atom. The minimum Gasteiger partial charge on any atom is -0.354 e. The average molecular weight is 391 g/mol. The number of nitrogens with zero attached hydrogens (tertiary/aromatic N) is 1. The van der Waals surface area contributed by atoms with Crippen molar-refractivity contribution in [2.24, 2.45) is 0 Å². The Hall–Kier alpha value is -4.10. The summed E-state index contributed by atoms with van der Waals surface area (Å²) in [6.45, 7) is 2.41. The molecule has 0 atom stereocenters. The third-order valence-electron chi connectivity index (χ3n) is 5.09.